The maximum Gasteiger partial charge on any atom is 0.321 e. The molecule has 31 heavy (non-hydrogen) atoms. The first-order valence-corrected chi connectivity index (χ1v) is 11.3. The van der Waals surface area contributed by atoms with Gasteiger partial charge in [0.25, 0.3) is 5.56 Å². The van der Waals surface area contributed by atoms with Gasteiger partial charge in [-0.2, -0.15) is 0 Å². The molecule has 4 atom stereocenters. The molecule has 0 spiro atoms. The van der Waals surface area contributed by atoms with Crippen molar-refractivity contribution in [1.29, 1.82) is 0 Å². The molecule has 1 aromatic carbocycles. The summed E-state index contributed by atoms with van der Waals surface area (Å²) in [6, 6.07) is 14.1. The Morgan fingerprint density at radius 2 is 1.90 bits per heavy atom. The predicted molar refractivity (Wildman–Crippen MR) is 117 cm³/mol. The van der Waals surface area contributed by atoms with Crippen molar-refractivity contribution in [3.05, 3.63) is 64.1 Å². The minimum absolute atomic E-state index is 0.0559. The van der Waals surface area contributed by atoms with Crippen molar-refractivity contribution in [2.45, 2.75) is 44.0 Å². The molecule has 3 fully saturated rings. The highest BCUT2D eigenvalue weighted by atomic mass is 16.5. The van der Waals surface area contributed by atoms with E-state index in [1.807, 2.05) is 45.9 Å². The zero-order valence-corrected chi connectivity index (χ0v) is 17.6. The number of carbonyl (C=O) groups is 1. The molecule has 4 bridgehead atoms. The van der Waals surface area contributed by atoms with Gasteiger partial charge in [-0.3, -0.25) is 9.69 Å². The molecule has 1 aromatic heterocycles. The summed E-state index contributed by atoms with van der Waals surface area (Å²) < 4.78 is 7.69. The molecule has 5 heterocycles. The number of nitrogens with zero attached hydrogens (tertiary/aromatic N) is 3. The van der Waals surface area contributed by atoms with Crippen LogP contribution in [0.15, 0.2) is 47.3 Å². The Balaban J connectivity index is 1.19. The van der Waals surface area contributed by atoms with E-state index >= 15 is 0 Å². The Hall–Kier alpha value is -2.64. The van der Waals surface area contributed by atoms with Crippen LogP contribution in [0.2, 0.25) is 0 Å². The molecular formula is C24H28N4O3. The fraction of sp³-hybridized carbons (Fsp3) is 0.500. The Labute approximate surface area is 181 Å². The Morgan fingerprint density at radius 3 is 2.68 bits per heavy atom. The summed E-state index contributed by atoms with van der Waals surface area (Å²) in [5, 5.41) is 3.00. The Bertz CT molecular complexity index is 1050. The quantitative estimate of drug-likeness (QED) is 0.829. The molecule has 4 aliphatic rings. The van der Waals surface area contributed by atoms with Gasteiger partial charge in [-0.25, -0.2) is 4.79 Å². The van der Waals surface area contributed by atoms with E-state index in [2.05, 4.69) is 16.3 Å². The average Bonchev–Trinajstić information content (AvgIpc) is 3.40. The number of anilines is 1. The van der Waals surface area contributed by atoms with Crippen molar-refractivity contribution in [1.82, 2.24) is 14.4 Å². The maximum absolute atomic E-state index is 13.3. The van der Waals surface area contributed by atoms with E-state index in [1.165, 1.54) is 0 Å². The number of benzene rings is 1. The van der Waals surface area contributed by atoms with Crippen molar-refractivity contribution in [2.24, 2.45) is 5.92 Å². The molecule has 7 nitrogen and oxygen atoms in total. The zero-order valence-electron chi connectivity index (χ0n) is 17.6. The molecule has 7 heteroatoms. The molecule has 2 aromatic rings. The number of likely N-dealkylation sites (tertiary alicyclic amines) is 2. The highest BCUT2D eigenvalue weighted by molar-refractivity contribution is 5.89. The van der Waals surface area contributed by atoms with E-state index in [-0.39, 0.29) is 17.5 Å². The van der Waals surface area contributed by atoms with Crippen molar-refractivity contribution in [3.8, 4) is 0 Å². The number of urea groups is 1. The van der Waals surface area contributed by atoms with Crippen LogP contribution in [0.25, 0.3) is 0 Å². The second-order valence-corrected chi connectivity index (χ2v) is 9.47. The second-order valence-electron chi connectivity index (χ2n) is 9.47. The lowest BCUT2D eigenvalue weighted by Gasteiger charge is -2.42. The first-order chi connectivity index (χ1) is 15.1. The number of piperidine rings is 1. The van der Waals surface area contributed by atoms with E-state index in [0.717, 1.165) is 42.9 Å². The Morgan fingerprint density at radius 1 is 1.03 bits per heavy atom. The molecular weight excluding hydrogens is 392 g/mol. The van der Waals surface area contributed by atoms with Crippen LogP contribution in [0.3, 0.4) is 0 Å². The number of nitrogens with one attached hydrogen (secondary N) is 1. The number of para-hydroxylation sites is 1. The second kappa shape index (κ2) is 7.50. The largest absolute Gasteiger partial charge is 0.375 e. The lowest BCUT2D eigenvalue weighted by molar-refractivity contribution is 0.0270. The van der Waals surface area contributed by atoms with E-state index in [0.29, 0.717) is 44.2 Å². The minimum Gasteiger partial charge on any atom is -0.375 e. The standard InChI is InChI=1S/C24H28N4O3/c29-23-17(12-26-14-21-9-20(26)15-31-21)6-7-22-18-8-16(11-28(22)23)10-27(13-18)24(30)25-19-4-2-1-3-5-19/h1-7,16,18,20-21H,8-15H2,(H,25,30)/t16-,18+,20+,21+/m0/s1. The minimum atomic E-state index is -0.0559. The molecule has 0 saturated carbocycles. The molecule has 4 aliphatic heterocycles. The van der Waals surface area contributed by atoms with Crippen LogP contribution in [0.5, 0.6) is 0 Å². The molecule has 3 saturated heterocycles. The molecule has 1 N–H and O–H groups in total. The van der Waals surface area contributed by atoms with Gasteiger partial charge in [0.15, 0.2) is 0 Å². The van der Waals surface area contributed by atoms with Gasteiger partial charge >= 0.3 is 6.03 Å². The SMILES string of the molecule is O=C(Nc1ccccc1)N1C[C@@H]2C[C@H](C1)c1ccc(CN3C[C@H]4C[C@@H]3CO4)c(=O)n1C2. The van der Waals surface area contributed by atoms with Gasteiger partial charge in [0, 0.05) is 61.6 Å². The van der Waals surface area contributed by atoms with Gasteiger partial charge < -0.3 is 19.5 Å². The summed E-state index contributed by atoms with van der Waals surface area (Å²) in [5.74, 6) is 0.531. The predicted octanol–water partition coefficient (Wildman–Crippen LogP) is 2.47. The molecule has 6 rings (SSSR count). The van der Waals surface area contributed by atoms with E-state index < -0.39 is 0 Å². The summed E-state index contributed by atoms with van der Waals surface area (Å²) in [5.41, 5.74) is 2.92. The summed E-state index contributed by atoms with van der Waals surface area (Å²) in [7, 11) is 0. The first kappa shape index (κ1) is 19.1. The summed E-state index contributed by atoms with van der Waals surface area (Å²) in [4.78, 5) is 30.4. The normalized spacial score (nSPS) is 29.1. The summed E-state index contributed by atoms with van der Waals surface area (Å²) >= 11 is 0. The van der Waals surface area contributed by atoms with Crippen LogP contribution < -0.4 is 10.9 Å². The monoisotopic (exact) mass is 420 g/mol. The smallest absolute Gasteiger partial charge is 0.321 e. The molecule has 0 unspecified atom stereocenters. The fourth-order valence-electron chi connectivity index (χ4n) is 5.89. The van der Waals surface area contributed by atoms with Crippen molar-refractivity contribution >= 4 is 11.7 Å². The summed E-state index contributed by atoms with van der Waals surface area (Å²) in [6.07, 6.45) is 2.48. The lowest BCUT2D eigenvalue weighted by Crippen LogP contribution is -2.50. The van der Waals surface area contributed by atoms with Gasteiger partial charge in [-0.1, -0.05) is 24.3 Å². The van der Waals surface area contributed by atoms with Gasteiger partial charge in [-0.15, -0.1) is 0 Å². The third-order valence-electron chi connectivity index (χ3n) is 7.38. The van der Waals surface area contributed by atoms with E-state index in [1.54, 1.807) is 0 Å². The van der Waals surface area contributed by atoms with Crippen molar-refractivity contribution in [2.75, 3.05) is 31.6 Å². The number of ether oxygens (including phenoxy) is 1. The van der Waals surface area contributed by atoms with Crippen molar-refractivity contribution in [3.63, 3.8) is 0 Å². The van der Waals surface area contributed by atoms with Crippen LogP contribution >= 0.6 is 0 Å². The van der Waals surface area contributed by atoms with E-state index in [4.69, 9.17) is 4.74 Å². The molecule has 162 valence electrons. The van der Waals surface area contributed by atoms with Gasteiger partial charge in [0.1, 0.15) is 0 Å². The fourth-order valence-corrected chi connectivity index (χ4v) is 5.89. The Kier molecular flexibility index (Phi) is 4.61. The summed E-state index contributed by atoms with van der Waals surface area (Å²) in [6.45, 7) is 4.48. The topological polar surface area (TPSA) is 66.8 Å². The van der Waals surface area contributed by atoms with Crippen LogP contribution in [-0.2, 0) is 17.8 Å². The van der Waals surface area contributed by atoms with Crippen LogP contribution in [0.1, 0.15) is 30.0 Å². The molecule has 2 amide bonds. The van der Waals surface area contributed by atoms with Gasteiger partial charge in [-0.05, 0) is 37.0 Å². The van der Waals surface area contributed by atoms with Gasteiger partial charge in [0.2, 0.25) is 0 Å². The van der Waals surface area contributed by atoms with Crippen LogP contribution in [-0.4, -0.2) is 58.8 Å². The number of rotatable bonds is 3. The third kappa shape index (κ3) is 3.46. The van der Waals surface area contributed by atoms with Gasteiger partial charge in [0.05, 0.1) is 12.7 Å². The number of pyridine rings is 1. The number of amides is 2. The number of morpholine rings is 1. The average molecular weight is 421 g/mol. The van der Waals surface area contributed by atoms with Crippen LogP contribution in [0, 0.1) is 5.92 Å². The van der Waals surface area contributed by atoms with E-state index in [9.17, 15) is 9.59 Å². The van der Waals surface area contributed by atoms with Crippen molar-refractivity contribution < 1.29 is 9.53 Å². The van der Waals surface area contributed by atoms with Crippen LogP contribution in [0.4, 0.5) is 10.5 Å². The number of hydrogen-bond acceptors (Lipinski definition) is 4. The lowest BCUT2D eigenvalue weighted by atomic mass is 9.83. The highest BCUT2D eigenvalue weighted by Gasteiger charge is 2.40. The highest BCUT2D eigenvalue weighted by Crippen LogP contribution is 2.36. The number of hydrogen-bond donors (Lipinski definition) is 1. The third-order valence-corrected chi connectivity index (χ3v) is 7.38. The zero-order chi connectivity index (χ0) is 20.9. The maximum atomic E-state index is 13.3. The number of fused-ring (bicyclic) bond motifs is 6. The first-order valence-electron chi connectivity index (χ1n) is 11.3. The molecule has 0 radical (unpaired) electrons. The molecule has 0 aliphatic carbocycles. The number of aromatic nitrogens is 1. The number of carbonyl (C=O) groups excluding carboxylic acids is 1.